The molecule has 0 aromatic heterocycles. The molecule has 9 nitrogen and oxygen atoms in total. The van der Waals surface area contributed by atoms with Crippen LogP contribution in [0.5, 0.6) is 0 Å². The number of anilines is 2. The van der Waals surface area contributed by atoms with Crippen LogP contribution in [0.15, 0.2) is 47.4 Å². The Labute approximate surface area is 205 Å². The summed E-state index contributed by atoms with van der Waals surface area (Å²) < 4.78 is 33.4. The number of rotatable bonds is 5. The highest BCUT2D eigenvalue weighted by Crippen LogP contribution is 2.30. The third kappa shape index (κ3) is 4.94. The van der Waals surface area contributed by atoms with Gasteiger partial charge in [0.2, 0.25) is 15.9 Å². The summed E-state index contributed by atoms with van der Waals surface area (Å²) in [6, 6.07) is 11.1. The van der Waals surface area contributed by atoms with Gasteiger partial charge in [0.1, 0.15) is 6.54 Å². The summed E-state index contributed by atoms with van der Waals surface area (Å²) in [6.45, 7) is 5.23. The fourth-order valence-corrected chi connectivity index (χ4v) is 6.20. The van der Waals surface area contributed by atoms with Gasteiger partial charge in [-0.15, -0.1) is 0 Å². The van der Waals surface area contributed by atoms with E-state index >= 15 is 0 Å². The quantitative estimate of drug-likeness (QED) is 0.633. The molecule has 0 radical (unpaired) electrons. The van der Waals surface area contributed by atoms with Gasteiger partial charge in [-0.05, 0) is 63.4 Å². The summed E-state index contributed by atoms with van der Waals surface area (Å²) in [5.74, 6) is -1.71. The van der Waals surface area contributed by atoms with Crippen molar-refractivity contribution in [3.8, 4) is 0 Å². The lowest BCUT2D eigenvalue weighted by Gasteiger charge is -2.32. The number of esters is 1. The van der Waals surface area contributed by atoms with Gasteiger partial charge in [-0.2, -0.15) is 4.31 Å². The number of hydrogen-bond acceptors (Lipinski definition) is 6. The second-order valence-corrected chi connectivity index (χ2v) is 10.9. The third-order valence-electron chi connectivity index (χ3n) is 6.45. The number of nitrogens with zero attached hydrogens (tertiary/aromatic N) is 2. The average molecular weight is 500 g/mol. The number of carbonyl (C=O) groups is 3. The van der Waals surface area contributed by atoms with Gasteiger partial charge >= 0.3 is 5.97 Å². The summed E-state index contributed by atoms with van der Waals surface area (Å²) in [5, 5.41) is 2.71. The molecular weight excluding hydrogens is 470 g/mol. The maximum absolute atomic E-state index is 13.2. The van der Waals surface area contributed by atoms with Gasteiger partial charge in [0.25, 0.3) is 5.91 Å². The molecule has 10 heteroatoms. The molecule has 2 heterocycles. The maximum atomic E-state index is 13.2. The van der Waals surface area contributed by atoms with Gasteiger partial charge in [0.05, 0.1) is 21.8 Å². The van der Waals surface area contributed by atoms with Crippen molar-refractivity contribution in [1.29, 1.82) is 0 Å². The second kappa shape index (κ2) is 9.79. The van der Waals surface area contributed by atoms with E-state index in [0.29, 0.717) is 23.5 Å². The molecule has 0 spiro atoms. The minimum absolute atomic E-state index is 0.0180. The van der Waals surface area contributed by atoms with Crippen LogP contribution in [-0.4, -0.2) is 55.7 Å². The number of hydrogen-bond donors (Lipinski definition) is 1. The Morgan fingerprint density at radius 1 is 1.14 bits per heavy atom. The molecular formula is C25H29N3O6S. The molecule has 2 aromatic rings. The predicted molar refractivity (Wildman–Crippen MR) is 131 cm³/mol. The van der Waals surface area contributed by atoms with Gasteiger partial charge in [-0.1, -0.05) is 24.6 Å². The van der Waals surface area contributed by atoms with Gasteiger partial charge < -0.3 is 10.1 Å². The van der Waals surface area contributed by atoms with E-state index in [0.717, 1.165) is 19.3 Å². The van der Waals surface area contributed by atoms with E-state index < -0.39 is 28.0 Å². The number of carbonyl (C=O) groups excluding carboxylic acids is 3. The normalized spacial score (nSPS) is 19.5. The highest BCUT2D eigenvalue weighted by atomic mass is 32.2. The molecule has 0 saturated carbocycles. The Bertz CT molecular complexity index is 1280. The van der Waals surface area contributed by atoms with Crippen molar-refractivity contribution in [2.75, 3.05) is 23.3 Å². The van der Waals surface area contributed by atoms with E-state index in [2.05, 4.69) is 5.32 Å². The summed E-state index contributed by atoms with van der Waals surface area (Å²) in [7, 11) is -3.78. The lowest BCUT2D eigenvalue weighted by Crippen LogP contribution is -2.47. The van der Waals surface area contributed by atoms with Gasteiger partial charge in [-0.25, -0.2) is 13.2 Å². The Hall–Kier alpha value is -3.24. The Morgan fingerprint density at radius 3 is 2.63 bits per heavy atom. The number of sulfonamides is 1. The van der Waals surface area contributed by atoms with Crippen LogP contribution in [0.4, 0.5) is 11.4 Å². The zero-order valence-electron chi connectivity index (χ0n) is 20.0. The Kier molecular flexibility index (Phi) is 6.95. The SMILES string of the molecule is Cc1ccc(S(=O)(=O)N2CCCC[C@H]2C)cc1C(=O)O[C@H](C)C(=O)N1CC(=O)Nc2ccccc21. The first kappa shape index (κ1) is 24.9. The highest BCUT2D eigenvalue weighted by molar-refractivity contribution is 7.89. The number of fused-ring (bicyclic) bond motifs is 1. The molecule has 35 heavy (non-hydrogen) atoms. The zero-order chi connectivity index (χ0) is 25.3. The van der Waals surface area contributed by atoms with Crippen LogP contribution in [0.1, 0.15) is 49.0 Å². The summed E-state index contributed by atoms with van der Waals surface area (Å²) >= 11 is 0. The minimum Gasteiger partial charge on any atom is -0.449 e. The fraction of sp³-hybridized carbons (Fsp3) is 0.400. The summed E-state index contributed by atoms with van der Waals surface area (Å²) in [6.07, 6.45) is 1.37. The van der Waals surface area contributed by atoms with Crippen LogP contribution in [0.3, 0.4) is 0 Å². The lowest BCUT2D eigenvalue weighted by molar-refractivity contribution is -0.128. The maximum Gasteiger partial charge on any atom is 0.339 e. The van der Waals surface area contributed by atoms with E-state index in [4.69, 9.17) is 4.74 Å². The first-order valence-corrected chi connectivity index (χ1v) is 13.1. The minimum atomic E-state index is -3.78. The number of para-hydroxylation sites is 2. The van der Waals surface area contributed by atoms with Crippen LogP contribution in [0.2, 0.25) is 0 Å². The predicted octanol–water partition coefficient (Wildman–Crippen LogP) is 3.09. The van der Waals surface area contributed by atoms with Gasteiger partial charge in [0.15, 0.2) is 6.10 Å². The molecule has 0 aliphatic carbocycles. The number of aryl methyl sites for hydroxylation is 1. The number of amides is 2. The lowest BCUT2D eigenvalue weighted by atomic mass is 10.1. The highest BCUT2D eigenvalue weighted by Gasteiger charge is 2.34. The standard InChI is InChI=1S/C25H29N3O6S/c1-16-11-12-19(35(32,33)28-13-7-6-8-17(28)2)14-20(16)25(31)34-18(3)24(30)27-15-23(29)26-21-9-4-5-10-22(21)27/h4-5,9-12,14,17-18H,6-8,13,15H2,1-3H3,(H,26,29)/t17-,18-/m1/s1. The average Bonchev–Trinajstić information content (AvgIpc) is 2.83. The number of benzene rings is 2. The molecule has 2 amide bonds. The molecule has 0 bridgehead atoms. The van der Waals surface area contributed by atoms with Crippen LogP contribution >= 0.6 is 0 Å². The second-order valence-electron chi connectivity index (χ2n) is 8.97. The van der Waals surface area contributed by atoms with E-state index in [9.17, 15) is 22.8 Å². The van der Waals surface area contributed by atoms with Crippen molar-refractivity contribution >= 4 is 39.2 Å². The van der Waals surface area contributed by atoms with E-state index in [1.54, 1.807) is 37.3 Å². The third-order valence-corrected chi connectivity index (χ3v) is 8.46. The largest absolute Gasteiger partial charge is 0.449 e. The molecule has 2 aliphatic heterocycles. The summed E-state index contributed by atoms with van der Waals surface area (Å²) in [5.41, 5.74) is 1.62. The van der Waals surface area contributed by atoms with Gasteiger partial charge in [-0.3, -0.25) is 14.5 Å². The number of piperidine rings is 1. The molecule has 1 fully saturated rings. The van der Waals surface area contributed by atoms with Crippen LogP contribution in [0, 0.1) is 6.92 Å². The monoisotopic (exact) mass is 499 g/mol. The van der Waals surface area contributed by atoms with Crippen LogP contribution < -0.4 is 10.2 Å². The molecule has 1 N–H and O–H groups in total. The van der Waals surface area contributed by atoms with Crippen molar-refractivity contribution in [2.45, 2.75) is 57.1 Å². The van der Waals surface area contributed by atoms with Crippen molar-refractivity contribution in [3.05, 3.63) is 53.6 Å². The van der Waals surface area contributed by atoms with E-state index in [1.807, 2.05) is 6.92 Å². The molecule has 2 atom stereocenters. The zero-order valence-corrected chi connectivity index (χ0v) is 20.8. The number of nitrogens with one attached hydrogen (secondary N) is 1. The Balaban J connectivity index is 1.54. The Morgan fingerprint density at radius 2 is 1.89 bits per heavy atom. The van der Waals surface area contributed by atoms with Crippen molar-refractivity contribution in [1.82, 2.24) is 4.31 Å². The van der Waals surface area contributed by atoms with Gasteiger partial charge in [0, 0.05) is 12.6 Å². The summed E-state index contributed by atoms with van der Waals surface area (Å²) in [4.78, 5) is 39.5. The first-order valence-electron chi connectivity index (χ1n) is 11.6. The molecule has 0 unspecified atom stereocenters. The van der Waals surface area contributed by atoms with E-state index in [-0.39, 0.29) is 29.0 Å². The van der Waals surface area contributed by atoms with E-state index in [1.165, 1.54) is 28.3 Å². The van der Waals surface area contributed by atoms with Crippen molar-refractivity contribution in [2.24, 2.45) is 0 Å². The molecule has 2 aliphatic rings. The number of ether oxygens (including phenoxy) is 1. The molecule has 186 valence electrons. The molecule has 1 saturated heterocycles. The van der Waals surface area contributed by atoms with Crippen LogP contribution in [0.25, 0.3) is 0 Å². The van der Waals surface area contributed by atoms with Crippen molar-refractivity contribution in [3.63, 3.8) is 0 Å². The van der Waals surface area contributed by atoms with Crippen LogP contribution in [-0.2, 0) is 24.3 Å². The first-order chi connectivity index (χ1) is 16.6. The molecule has 2 aromatic carbocycles. The van der Waals surface area contributed by atoms with Crippen molar-refractivity contribution < 1.29 is 27.5 Å². The molecule has 4 rings (SSSR count). The smallest absolute Gasteiger partial charge is 0.339 e. The fourth-order valence-electron chi connectivity index (χ4n) is 4.47. The topological polar surface area (TPSA) is 113 Å².